The lowest BCUT2D eigenvalue weighted by Gasteiger charge is -1.87. The van der Waals surface area contributed by atoms with Crippen LogP contribution in [0.5, 0.6) is 0 Å². The number of nitrogens with two attached hydrogens (primary N) is 1. The van der Waals surface area contributed by atoms with Gasteiger partial charge in [-0.15, -0.1) is 0 Å². The molecule has 0 saturated carbocycles. The fourth-order valence-corrected chi connectivity index (χ4v) is 0.943. The van der Waals surface area contributed by atoms with E-state index >= 15 is 0 Å². The molecule has 0 aliphatic carbocycles. The van der Waals surface area contributed by atoms with E-state index in [1.54, 1.807) is 19.2 Å². The van der Waals surface area contributed by atoms with Gasteiger partial charge in [0.1, 0.15) is 0 Å². The summed E-state index contributed by atoms with van der Waals surface area (Å²) in [7, 11) is 0. The molecule has 2 heterocycles. The minimum atomic E-state index is 0.591. The van der Waals surface area contributed by atoms with E-state index in [1.807, 2.05) is 0 Å². The van der Waals surface area contributed by atoms with Crippen LogP contribution in [0, 0.1) is 6.92 Å². The van der Waals surface area contributed by atoms with Crippen molar-refractivity contribution in [3.8, 4) is 0 Å². The van der Waals surface area contributed by atoms with Crippen molar-refractivity contribution in [1.82, 2.24) is 9.97 Å². The Kier molecular flexibility index (Phi) is 1.09. The van der Waals surface area contributed by atoms with Crippen LogP contribution in [0.15, 0.2) is 16.7 Å². The molecule has 0 amide bonds. The number of rotatable bonds is 0. The number of anilines is 1. The molecule has 0 saturated heterocycles. The molecule has 0 atom stereocenters. The third-order valence-electron chi connectivity index (χ3n) is 1.38. The first-order valence-electron chi connectivity index (χ1n) is 3.24. The normalized spacial score (nSPS) is 10.6. The second-order valence-corrected chi connectivity index (χ2v) is 2.32. The minimum absolute atomic E-state index is 0.591. The van der Waals surface area contributed by atoms with Crippen LogP contribution in [0.2, 0.25) is 0 Å². The summed E-state index contributed by atoms with van der Waals surface area (Å²) >= 11 is 0. The van der Waals surface area contributed by atoms with E-state index in [9.17, 15) is 0 Å². The first kappa shape index (κ1) is 6.15. The van der Waals surface area contributed by atoms with E-state index in [2.05, 4.69) is 9.97 Å². The minimum Gasteiger partial charge on any atom is -0.439 e. The average molecular weight is 149 g/mol. The van der Waals surface area contributed by atoms with Crippen molar-refractivity contribution in [1.29, 1.82) is 0 Å². The highest BCUT2D eigenvalue weighted by molar-refractivity contribution is 5.71. The second kappa shape index (κ2) is 1.95. The van der Waals surface area contributed by atoms with Crippen LogP contribution >= 0.6 is 0 Å². The maximum atomic E-state index is 5.48. The molecule has 4 heteroatoms. The molecule has 2 N–H and O–H groups in total. The Bertz CT molecular complexity index is 393. The van der Waals surface area contributed by atoms with Gasteiger partial charge in [0.05, 0.1) is 11.9 Å². The number of hydrogen-bond donors (Lipinski definition) is 1. The van der Waals surface area contributed by atoms with Gasteiger partial charge < -0.3 is 10.2 Å². The second-order valence-electron chi connectivity index (χ2n) is 2.32. The molecule has 0 unspecified atom stereocenters. The first-order chi connectivity index (χ1) is 5.25. The van der Waals surface area contributed by atoms with E-state index < -0.39 is 0 Å². The van der Waals surface area contributed by atoms with E-state index in [0.29, 0.717) is 22.8 Å². The lowest BCUT2D eigenvalue weighted by atomic mass is 10.4. The molecule has 11 heavy (non-hydrogen) atoms. The van der Waals surface area contributed by atoms with Crippen molar-refractivity contribution in [2.45, 2.75) is 6.92 Å². The molecular formula is C7H7N3O. The monoisotopic (exact) mass is 149 g/mol. The number of hydrogen-bond acceptors (Lipinski definition) is 4. The Morgan fingerprint density at radius 2 is 2.36 bits per heavy atom. The summed E-state index contributed by atoms with van der Waals surface area (Å²) in [5, 5.41) is 0. The molecule has 0 aromatic carbocycles. The number of fused-ring (bicyclic) bond motifs is 1. The Morgan fingerprint density at radius 3 is 3.18 bits per heavy atom. The van der Waals surface area contributed by atoms with Crippen molar-refractivity contribution in [2.75, 3.05) is 5.73 Å². The van der Waals surface area contributed by atoms with Gasteiger partial charge in [0.15, 0.2) is 17.1 Å². The number of oxazole rings is 1. The third kappa shape index (κ3) is 0.920. The van der Waals surface area contributed by atoms with Gasteiger partial charge in [-0.2, -0.15) is 4.98 Å². The smallest absolute Gasteiger partial charge is 0.198 e. The quantitative estimate of drug-likeness (QED) is 0.609. The number of nitrogen functional groups attached to an aromatic ring is 1. The fraction of sp³-hybridized carbons (Fsp3) is 0.143. The van der Waals surface area contributed by atoms with E-state index in [1.165, 1.54) is 0 Å². The van der Waals surface area contributed by atoms with Gasteiger partial charge in [0, 0.05) is 13.0 Å². The largest absolute Gasteiger partial charge is 0.439 e. The molecule has 0 radical (unpaired) electrons. The Hall–Kier alpha value is -1.58. The predicted octanol–water partition coefficient (Wildman–Crippen LogP) is 1.11. The molecule has 0 aliphatic heterocycles. The summed E-state index contributed by atoms with van der Waals surface area (Å²) in [6.45, 7) is 1.78. The van der Waals surface area contributed by atoms with E-state index in [0.717, 1.165) is 0 Å². The van der Waals surface area contributed by atoms with Crippen LogP contribution < -0.4 is 5.73 Å². The maximum absolute atomic E-state index is 5.48. The molecule has 0 aliphatic rings. The van der Waals surface area contributed by atoms with Gasteiger partial charge >= 0.3 is 0 Å². The Balaban J connectivity index is 2.82. The van der Waals surface area contributed by atoms with E-state index in [4.69, 9.17) is 10.2 Å². The Labute approximate surface area is 63.1 Å². The van der Waals surface area contributed by atoms with Gasteiger partial charge in [-0.3, -0.25) is 0 Å². The number of aromatic nitrogens is 2. The number of aryl methyl sites for hydroxylation is 1. The van der Waals surface area contributed by atoms with Crippen LogP contribution in [-0.4, -0.2) is 9.97 Å². The van der Waals surface area contributed by atoms with Crippen molar-refractivity contribution in [2.24, 2.45) is 0 Å². The van der Waals surface area contributed by atoms with Crippen LogP contribution in [0.3, 0.4) is 0 Å². The molecule has 56 valence electrons. The maximum Gasteiger partial charge on any atom is 0.198 e. The standard InChI is InChI=1S/C7H7N3O/c1-4-10-7-6(11-4)2-5(8)3-9-7/h2-3H,8H2,1H3. The summed E-state index contributed by atoms with van der Waals surface area (Å²) in [6, 6.07) is 1.71. The molecule has 0 bridgehead atoms. The molecule has 0 spiro atoms. The SMILES string of the molecule is Cc1nc2ncc(N)cc2o1. The Morgan fingerprint density at radius 1 is 1.55 bits per heavy atom. The summed E-state index contributed by atoms with van der Waals surface area (Å²) in [5.41, 5.74) is 7.32. The van der Waals surface area contributed by atoms with E-state index in [-0.39, 0.29) is 0 Å². The van der Waals surface area contributed by atoms with Gasteiger partial charge in [-0.05, 0) is 0 Å². The average Bonchev–Trinajstić information content (AvgIpc) is 2.27. The molecular weight excluding hydrogens is 142 g/mol. The summed E-state index contributed by atoms with van der Waals surface area (Å²) in [6.07, 6.45) is 1.56. The molecule has 2 rings (SSSR count). The van der Waals surface area contributed by atoms with Gasteiger partial charge in [0.25, 0.3) is 0 Å². The van der Waals surface area contributed by atoms with Crippen molar-refractivity contribution in [3.05, 3.63) is 18.2 Å². The number of pyridine rings is 1. The molecule has 4 nitrogen and oxygen atoms in total. The lowest BCUT2D eigenvalue weighted by Crippen LogP contribution is -1.85. The molecule has 2 aromatic heterocycles. The first-order valence-corrected chi connectivity index (χ1v) is 3.24. The van der Waals surface area contributed by atoms with Crippen LogP contribution in [0.4, 0.5) is 5.69 Å². The highest BCUT2D eigenvalue weighted by atomic mass is 16.3. The highest BCUT2D eigenvalue weighted by Gasteiger charge is 2.01. The highest BCUT2D eigenvalue weighted by Crippen LogP contribution is 2.14. The lowest BCUT2D eigenvalue weighted by molar-refractivity contribution is 0.561. The van der Waals surface area contributed by atoms with Crippen LogP contribution in [-0.2, 0) is 0 Å². The van der Waals surface area contributed by atoms with Crippen molar-refractivity contribution >= 4 is 16.9 Å². The third-order valence-corrected chi connectivity index (χ3v) is 1.38. The summed E-state index contributed by atoms with van der Waals surface area (Å²) in [5.74, 6) is 0.609. The van der Waals surface area contributed by atoms with Crippen molar-refractivity contribution < 1.29 is 4.42 Å². The summed E-state index contributed by atoms with van der Waals surface area (Å²) in [4.78, 5) is 7.99. The zero-order valence-electron chi connectivity index (χ0n) is 6.03. The molecule has 2 aromatic rings. The summed E-state index contributed by atoms with van der Waals surface area (Å²) < 4.78 is 5.20. The molecule has 0 fully saturated rings. The van der Waals surface area contributed by atoms with Crippen molar-refractivity contribution in [3.63, 3.8) is 0 Å². The number of nitrogens with zero attached hydrogens (tertiary/aromatic N) is 2. The van der Waals surface area contributed by atoms with Crippen LogP contribution in [0.1, 0.15) is 5.89 Å². The van der Waals surface area contributed by atoms with Gasteiger partial charge in [-0.25, -0.2) is 4.98 Å². The van der Waals surface area contributed by atoms with Gasteiger partial charge in [0.2, 0.25) is 0 Å². The van der Waals surface area contributed by atoms with Gasteiger partial charge in [-0.1, -0.05) is 0 Å². The fourth-order valence-electron chi connectivity index (χ4n) is 0.943. The predicted molar refractivity (Wildman–Crippen MR) is 41.0 cm³/mol. The topological polar surface area (TPSA) is 64.9 Å². The zero-order valence-corrected chi connectivity index (χ0v) is 6.03. The zero-order chi connectivity index (χ0) is 7.84. The van der Waals surface area contributed by atoms with Crippen LogP contribution in [0.25, 0.3) is 11.2 Å².